The summed E-state index contributed by atoms with van der Waals surface area (Å²) in [4.78, 5) is 20.4. The van der Waals surface area contributed by atoms with Crippen LogP contribution in [0.5, 0.6) is 0 Å². The number of rotatable bonds is 5. The number of carbonyl (C=O) groups is 1. The molecule has 3 N–H and O–H groups in total. The number of carbonyl (C=O) groups excluding carboxylic acids is 1. The average Bonchev–Trinajstić information content (AvgIpc) is 3.18. The number of anilines is 1. The molecule has 0 aliphatic rings. The number of fused-ring (bicyclic) bond motifs is 1. The van der Waals surface area contributed by atoms with Crippen molar-refractivity contribution in [2.75, 3.05) is 5.32 Å². The van der Waals surface area contributed by atoms with Crippen molar-refractivity contribution in [1.29, 1.82) is 0 Å². The predicted molar refractivity (Wildman–Crippen MR) is 113 cm³/mol. The Morgan fingerprint density at radius 3 is 2.35 bits per heavy atom. The van der Waals surface area contributed by atoms with E-state index in [0.29, 0.717) is 12.2 Å². The summed E-state index contributed by atoms with van der Waals surface area (Å²) < 4.78 is 39.7. The second-order valence-corrected chi connectivity index (χ2v) is 7.02. The number of aromatic amines is 1. The molecule has 0 aliphatic heterocycles. The monoisotopic (exact) mass is 424 g/mol. The number of aromatic nitrogens is 2. The van der Waals surface area contributed by atoms with E-state index in [4.69, 9.17) is 0 Å². The van der Waals surface area contributed by atoms with Gasteiger partial charge in [-0.15, -0.1) is 0 Å². The number of alkyl halides is 3. The van der Waals surface area contributed by atoms with E-state index in [0.717, 1.165) is 22.7 Å². The first kappa shape index (κ1) is 20.5. The lowest BCUT2D eigenvalue weighted by Crippen LogP contribution is -2.34. The molecule has 0 fully saturated rings. The van der Waals surface area contributed by atoms with Crippen molar-refractivity contribution in [3.8, 4) is 0 Å². The lowest BCUT2D eigenvalue weighted by Gasteiger charge is -2.19. The summed E-state index contributed by atoms with van der Waals surface area (Å²) >= 11 is 0. The van der Waals surface area contributed by atoms with E-state index in [1.54, 1.807) is 0 Å². The Hall–Kier alpha value is -3.81. The van der Waals surface area contributed by atoms with Gasteiger partial charge in [0.05, 0.1) is 28.3 Å². The highest BCUT2D eigenvalue weighted by Gasteiger charge is 2.33. The number of hydrogen-bond acceptors (Lipinski definition) is 2. The fourth-order valence-electron chi connectivity index (χ4n) is 3.36. The summed E-state index contributed by atoms with van der Waals surface area (Å²) in [6.07, 6.45) is -4.17. The van der Waals surface area contributed by atoms with Gasteiger partial charge in [-0.3, -0.25) is 0 Å². The number of urea groups is 1. The van der Waals surface area contributed by atoms with Crippen LogP contribution in [0.4, 0.5) is 23.7 Å². The van der Waals surface area contributed by atoms with Crippen molar-refractivity contribution in [2.24, 2.45) is 0 Å². The number of imidazole rings is 1. The number of hydrogen-bond donors (Lipinski definition) is 3. The second kappa shape index (κ2) is 8.51. The molecule has 0 saturated carbocycles. The highest BCUT2D eigenvalue weighted by molar-refractivity contribution is 5.90. The summed E-state index contributed by atoms with van der Waals surface area (Å²) in [7, 11) is 0. The Labute approximate surface area is 176 Å². The molecule has 8 heteroatoms. The topological polar surface area (TPSA) is 69.8 Å². The highest BCUT2D eigenvalue weighted by atomic mass is 19.4. The Kier molecular flexibility index (Phi) is 5.62. The summed E-state index contributed by atoms with van der Waals surface area (Å²) in [5.41, 5.74) is 1.27. The second-order valence-electron chi connectivity index (χ2n) is 7.02. The van der Waals surface area contributed by atoms with Crippen molar-refractivity contribution in [1.82, 2.24) is 15.3 Å². The molecule has 4 rings (SSSR count). The summed E-state index contributed by atoms with van der Waals surface area (Å²) in [6.45, 7) is 0. The minimum absolute atomic E-state index is 0.310. The number of benzene rings is 3. The van der Waals surface area contributed by atoms with Gasteiger partial charge in [-0.05, 0) is 36.2 Å². The molecular formula is C23H19F3N4O. The van der Waals surface area contributed by atoms with Crippen LogP contribution in [0.25, 0.3) is 11.0 Å². The third-order valence-corrected chi connectivity index (χ3v) is 4.81. The van der Waals surface area contributed by atoms with Crippen molar-refractivity contribution < 1.29 is 18.0 Å². The van der Waals surface area contributed by atoms with E-state index in [1.807, 2.05) is 54.6 Å². The Balaban J connectivity index is 1.59. The molecular weight excluding hydrogens is 405 g/mol. The van der Waals surface area contributed by atoms with Gasteiger partial charge in [-0.1, -0.05) is 54.6 Å². The van der Waals surface area contributed by atoms with E-state index >= 15 is 0 Å². The van der Waals surface area contributed by atoms with E-state index in [2.05, 4.69) is 20.6 Å². The molecule has 31 heavy (non-hydrogen) atoms. The van der Waals surface area contributed by atoms with Gasteiger partial charge < -0.3 is 15.6 Å². The number of nitrogens with zero attached hydrogens (tertiary/aromatic N) is 1. The molecule has 1 heterocycles. The van der Waals surface area contributed by atoms with Gasteiger partial charge in [0.25, 0.3) is 0 Å². The molecule has 0 saturated heterocycles. The van der Waals surface area contributed by atoms with Crippen molar-refractivity contribution in [3.05, 3.63) is 95.8 Å². The lowest BCUT2D eigenvalue weighted by atomic mass is 10.1. The zero-order valence-corrected chi connectivity index (χ0v) is 16.3. The van der Waals surface area contributed by atoms with Crippen LogP contribution in [-0.2, 0) is 12.6 Å². The van der Waals surface area contributed by atoms with Gasteiger partial charge in [-0.25, -0.2) is 9.78 Å². The largest absolute Gasteiger partial charge is 0.418 e. The fraction of sp³-hybridized carbons (Fsp3) is 0.130. The van der Waals surface area contributed by atoms with Gasteiger partial charge in [0.2, 0.25) is 0 Å². The SMILES string of the molecule is O=C(Nc1ccccc1C(F)(F)F)NC(Cc1ccccc1)c1nc2ccccc2[nH]1. The average molecular weight is 424 g/mol. The van der Waals surface area contributed by atoms with Crippen LogP contribution in [0.2, 0.25) is 0 Å². The summed E-state index contributed by atoms with van der Waals surface area (Å²) in [5, 5.41) is 5.08. The number of halogens is 3. The Morgan fingerprint density at radius 1 is 0.935 bits per heavy atom. The standard InChI is InChI=1S/C23H19F3N4O/c24-23(25,26)16-10-4-5-11-17(16)29-22(31)30-20(14-15-8-2-1-3-9-15)21-27-18-12-6-7-13-19(18)28-21/h1-13,20H,14H2,(H,27,28)(H2,29,30,31). The van der Waals surface area contributed by atoms with Crippen LogP contribution >= 0.6 is 0 Å². The first-order chi connectivity index (χ1) is 14.9. The maximum absolute atomic E-state index is 13.2. The number of nitrogens with one attached hydrogen (secondary N) is 3. The Morgan fingerprint density at radius 2 is 1.61 bits per heavy atom. The zero-order valence-electron chi connectivity index (χ0n) is 16.3. The molecule has 2 amide bonds. The molecule has 0 spiro atoms. The predicted octanol–water partition coefficient (Wildman–Crippen LogP) is 5.69. The molecule has 0 radical (unpaired) electrons. The minimum atomic E-state index is -4.58. The van der Waals surface area contributed by atoms with Gasteiger partial charge in [0.1, 0.15) is 5.82 Å². The maximum atomic E-state index is 13.2. The maximum Gasteiger partial charge on any atom is 0.418 e. The number of H-pyrrole nitrogens is 1. The lowest BCUT2D eigenvalue weighted by molar-refractivity contribution is -0.136. The van der Waals surface area contributed by atoms with Crippen LogP contribution in [-0.4, -0.2) is 16.0 Å². The van der Waals surface area contributed by atoms with Crippen LogP contribution in [0, 0.1) is 0 Å². The third kappa shape index (κ3) is 4.85. The van der Waals surface area contributed by atoms with Crippen LogP contribution in [0.1, 0.15) is 23.0 Å². The van der Waals surface area contributed by atoms with Crippen molar-refractivity contribution in [2.45, 2.75) is 18.6 Å². The molecule has 4 aromatic rings. The van der Waals surface area contributed by atoms with Crippen molar-refractivity contribution in [3.63, 3.8) is 0 Å². The van der Waals surface area contributed by atoms with Gasteiger partial charge in [0.15, 0.2) is 0 Å². The molecule has 158 valence electrons. The van der Waals surface area contributed by atoms with Crippen LogP contribution < -0.4 is 10.6 Å². The molecule has 0 aliphatic carbocycles. The van der Waals surface area contributed by atoms with Gasteiger partial charge >= 0.3 is 12.2 Å². The Bertz CT molecular complexity index is 1160. The summed E-state index contributed by atoms with van der Waals surface area (Å²) in [6, 6.07) is 20.4. The number of amides is 2. The van der Waals surface area contributed by atoms with E-state index in [9.17, 15) is 18.0 Å². The molecule has 1 atom stereocenters. The molecule has 3 aromatic carbocycles. The van der Waals surface area contributed by atoms with Gasteiger partial charge in [0, 0.05) is 0 Å². The zero-order chi connectivity index (χ0) is 21.8. The van der Waals surface area contributed by atoms with E-state index in [1.165, 1.54) is 18.2 Å². The molecule has 1 unspecified atom stereocenters. The van der Waals surface area contributed by atoms with E-state index in [-0.39, 0.29) is 5.69 Å². The normalized spacial score (nSPS) is 12.5. The third-order valence-electron chi connectivity index (χ3n) is 4.81. The van der Waals surface area contributed by atoms with Crippen LogP contribution in [0.3, 0.4) is 0 Å². The van der Waals surface area contributed by atoms with Gasteiger partial charge in [-0.2, -0.15) is 13.2 Å². The number of para-hydroxylation sites is 3. The summed E-state index contributed by atoms with van der Waals surface area (Å²) in [5.74, 6) is 0.518. The smallest absolute Gasteiger partial charge is 0.340 e. The first-order valence-electron chi connectivity index (χ1n) is 9.62. The molecule has 5 nitrogen and oxygen atoms in total. The highest BCUT2D eigenvalue weighted by Crippen LogP contribution is 2.34. The van der Waals surface area contributed by atoms with E-state index < -0.39 is 23.8 Å². The van der Waals surface area contributed by atoms with Crippen molar-refractivity contribution >= 4 is 22.8 Å². The quantitative estimate of drug-likeness (QED) is 0.385. The molecule has 0 bridgehead atoms. The molecule has 1 aromatic heterocycles. The first-order valence-corrected chi connectivity index (χ1v) is 9.62. The minimum Gasteiger partial charge on any atom is -0.340 e. The van der Waals surface area contributed by atoms with Crippen LogP contribution in [0.15, 0.2) is 78.9 Å². The fourth-order valence-corrected chi connectivity index (χ4v) is 3.36.